The molecule has 0 unspecified atom stereocenters. The Kier molecular flexibility index (Phi) is 3.56. The van der Waals surface area contributed by atoms with Gasteiger partial charge < -0.3 is 0 Å². The normalized spacial score (nSPS) is 16.0. The summed E-state index contributed by atoms with van der Waals surface area (Å²) in [5.41, 5.74) is 0. The topological polar surface area (TPSA) is 120 Å². The fourth-order valence-corrected chi connectivity index (χ4v) is 3.55. The van der Waals surface area contributed by atoms with Crippen LogP contribution in [0.5, 0.6) is 0 Å². The Bertz CT molecular complexity index is 452. The third-order valence-electron chi connectivity index (χ3n) is 1.55. The molecule has 0 aromatic rings. The quantitative estimate of drug-likeness (QED) is 0.660. The van der Waals surface area contributed by atoms with Gasteiger partial charge >= 0.3 is 16.4 Å². The summed E-state index contributed by atoms with van der Waals surface area (Å²) in [7, 11) is -13.3. The van der Waals surface area contributed by atoms with E-state index in [9.17, 15) is 43.2 Å². The maximum atomic E-state index is 12.2. The third kappa shape index (κ3) is 2.21. The van der Waals surface area contributed by atoms with Crippen LogP contribution in [0.15, 0.2) is 0 Å². The van der Waals surface area contributed by atoms with Gasteiger partial charge in [-0.3, -0.25) is 0 Å². The van der Waals surface area contributed by atoms with Gasteiger partial charge in [-0.1, -0.05) is 0 Å². The summed E-state index contributed by atoms with van der Waals surface area (Å²) in [5, 5.41) is 7.49. The molecule has 6 nitrogen and oxygen atoms in total. The third-order valence-corrected chi connectivity index (χ3v) is 5.47. The van der Waals surface area contributed by atoms with Gasteiger partial charge in [-0.2, -0.15) is 26.3 Å². The number of alkyl halides is 6. The highest BCUT2D eigenvalue weighted by molar-refractivity contribution is 8.08. The lowest BCUT2D eigenvalue weighted by atomic mass is 10.4. The molecule has 0 aromatic carbocycles. The molecule has 0 saturated heterocycles. The van der Waals surface area contributed by atoms with Crippen LogP contribution in [0.25, 0.3) is 0 Å². The van der Waals surface area contributed by atoms with E-state index in [1.165, 1.54) is 0 Å². The van der Waals surface area contributed by atoms with E-state index in [0.717, 1.165) is 0 Å². The van der Waals surface area contributed by atoms with Gasteiger partial charge in [0.1, 0.15) is 0 Å². The van der Waals surface area contributed by atoms with E-state index in [1.54, 1.807) is 0 Å². The van der Waals surface area contributed by atoms with Crippen LogP contribution in [0.2, 0.25) is 0 Å². The zero-order valence-corrected chi connectivity index (χ0v) is 9.00. The Labute approximate surface area is 90.7 Å². The number of rotatable bonds is 2. The van der Waals surface area contributed by atoms with Crippen LogP contribution >= 0.6 is 0 Å². The van der Waals surface area contributed by atoms with Crippen molar-refractivity contribution in [2.75, 3.05) is 0 Å². The predicted molar refractivity (Wildman–Crippen MR) is 41.1 cm³/mol. The first-order valence-corrected chi connectivity index (χ1v) is 6.27. The van der Waals surface area contributed by atoms with E-state index in [-0.39, 0.29) is 0 Å². The van der Waals surface area contributed by atoms with Crippen LogP contribution in [0.4, 0.5) is 26.3 Å². The fourth-order valence-electron chi connectivity index (χ4n) is 0.968. The Morgan fingerprint density at radius 2 is 0.824 bits per heavy atom. The zero-order chi connectivity index (χ0) is 14.5. The number of primary sulfonamides is 2. The van der Waals surface area contributed by atoms with Gasteiger partial charge in [-0.15, -0.1) is 0 Å². The van der Waals surface area contributed by atoms with Crippen LogP contribution in [-0.2, 0) is 20.0 Å². The maximum Gasteiger partial charge on any atom is 0.434 e. The second-order valence-electron chi connectivity index (χ2n) is 2.70. The highest BCUT2D eigenvalue weighted by Crippen LogP contribution is 2.50. The number of halogens is 6. The number of hydrogen-bond donors (Lipinski definition) is 2. The number of nitrogens with two attached hydrogens (primary N) is 2. The summed E-state index contributed by atoms with van der Waals surface area (Å²) in [6.07, 6.45) is -13.6. The molecule has 0 bridgehead atoms. The van der Waals surface area contributed by atoms with Crippen LogP contribution in [-0.4, -0.2) is 33.3 Å². The van der Waals surface area contributed by atoms with Crippen LogP contribution in [0.3, 0.4) is 0 Å². The lowest BCUT2D eigenvalue weighted by Crippen LogP contribution is -2.70. The van der Waals surface area contributed by atoms with E-state index >= 15 is 0 Å². The second-order valence-corrected chi connectivity index (χ2v) is 6.37. The van der Waals surface area contributed by atoms with Gasteiger partial charge in [-0.05, 0) is 0 Å². The van der Waals surface area contributed by atoms with Crippen molar-refractivity contribution in [2.24, 2.45) is 10.3 Å². The highest BCUT2D eigenvalue weighted by atomic mass is 32.3. The van der Waals surface area contributed by atoms with Crippen LogP contribution < -0.4 is 10.3 Å². The molecule has 0 rings (SSSR count). The summed E-state index contributed by atoms with van der Waals surface area (Å²) < 4.78 is 109. The van der Waals surface area contributed by atoms with Crippen molar-refractivity contribution in [3.63, 3.8) is 0 Å². The van der Waals surface area contributed by atoms with Crippen molar-refractivity contribution >= 4 is 20.0 Å². The van der Waals surface area contributed by atoms with Gasteiger partial charge in [0, 0.05) is 0 Å². The summed E-state index contributed by atoms with van der Waals surface area (Å²) in [6, 6.07) is 0. The fraction of sp³-hybridized carbons (Fsp3) is 1.00. The molecule has 0 atom stereocenters. The molecule has 0 saturated carbocycles. The van der Waals surface area contributed by atoms with E-state index in [2.05, 4.69) is 10.3 Å². The van der Waals surface area contributed by atoms with Gasteiger partial charge in [0.15, 0.2) is 0 Å². The van der Waals surface area contributed by atoms with Gasteiger partial charge in [0.05, 0.1) is 0 Å². The number of sulfonamides is 2. The highest BCUT2D eigenvalue weighted by Gasteiger charge is 2.85. The molecule has 104 valence electrons. The lowest BCUT2D eigenvalue weighted by Gasteiger charge is -2.32. The van der Waals surface area contributed by atoms with Gasteiger partial charge in [0.2, 0.25) is 20.0 Å². The SMILES string of the molecule is NS(=O)(=O)C(C(F)(F)F)(C(F)(F)F)S(N)(=O)=O. The van der Waals surface area contributed by atoms with E-state index in [4.69, 9.17) is 0 Å². The summed E-state index contributed by atoms with van der Waals surface area (Å²) >= 11 is 0. The average molecular weight is 310 g/mol. The summed E-state index contributed by atoms with van der Waals surface area (Å²) in [4.78, 5) is 0. The minimum Gasteiger partial charge on any atom is -0.227 e. The predicted octanol–water partition coefficient (Wildman–Crippen LogP) is -0.616. The van der Waals surface area contributed by atoms with Crippen molar-refractivity contribution in [3.8, 4) is 0 Å². The molecule has 0 aliphatic heterocycles. The number of hydrogen-bond acceptors (Lipinski definition) is 4. The summed E-state index contributed by atoms with van der Waals surface area (Å²) in [6.45, 7) is 0. The van der Waals surface area contributed by atoms with E-state index in [1.807, 2.05) is 0 Å². The molecule has 0 spiro atoms. The van der Waals surface area contributed by atoms with Crippen LogP contribution in [0.1, 0.15) is 0 Å². The lowest BCUT2D eigenvalue weighted by molar-refractivity contribution is -0.240. The molecule has 0 heterocycles. The van der Waals surface area contributed by atoms with Crippen molar-refractivity contribution < 1.29 is 43.2 Å². The molecule has 0 aromatic heterocycles. The molecular formula is C3H4F6N2O4S2. The molecule has 0 aliphatic rings. The van der Waals surface area contributed by atoms with Crippen molar-refractivity contribution in [3.05, 3.63) is 0 Å². The molecule has 17 heavy (non-hydrogen) atoms. The van der Waals surface area contributed by atoms with Gasteiger partial charge in [0.25, 0.3) is 0 Å². The van der Waals surface area contributed by atoms with Crippen LogP contribution in [0, 0.1) is 0 Å². The maximum absolute atomic E-state index is 12.2. The standard InChI is InChI=1S/C3H4F6N2O4S2/c4-2(5,6)1(3(7,8)9,16(10,12)13)17(11,14)15/h(H2,10,12,13)(H2,11,14,15). The second kappa shape index (κ2) is 3.69. The van der Waals surface area contributed by atoms with Crippen molar-refractivity contribution in [2.45, 2.75) is 16.4 Å². The molecule has 0 fully saturated rings. The molecule has 0 aliphatic carbocycles. The first-order chi connectivity index (χ1) is 7.00. The molecule has 4 N–H and O–H groups in total. The largest absolute Gasteiger partial charge is 0.434 e. The molecular weight excluding hydrogens is 306 g/mol. The van der Waals surface area contributed by atoms with E-state index < -0.39 is 36.5 Å². The Balaban J connectivity index is 6.84. The molecule has 0 radical (unpaired) electrons. The first-order valence-electron chi connectivity index (χ1n) is 3.18. The average Bonchev–Trinajstić information content (AvgIpc) is 1.67. The zero-order valence-electron chi connectivity index (χ0n) is 7.37. The smallest absolute Gasteiger partial charge is 0.227 e. The minimum atomic E-state index is -6.79. The molecule has 0 amide bonds. The van der Waals surface area contributed by atoms with Gasteiger partial charge in [-0.25, -0.2) is 27.1 Å². The van der Waals surface area contributed by atoms with Crippen molar-refractivity contribution in [1.82, 2.24) is 0 Å². The first kappa shape index (κ1) is 16.4. The Morgan fingerprint density at radius 3 is 0.824 bits per heavy atom. The Hall–Kier alpha value is -0.600. The summed E-state index contributed by atoms with van der Waals surface area (Å²) in [5.74, 6) is 0. The van der Waals surface area contributed by atoms with Crippen molar-refractivity contribution in [1.29, 1.82) is 0 Å². The monoisotopic (exact) mass is 310 g/mol. The van der Waals surface area contributed by atoms with E-state index in [0.29, 0.717) is 0 Å². The Morgan fingerprint density at radius 1 is 0.647 bits per heavy atom. The minimum absolute atomic E-state index is 3.75. The molecule has 14 heteroatoms.